The van der Waals surface area contributed by atoms with Gasteiger partial charge < -0.3 is 9.30 Å². The van der Waals surface area contributed by atoms with Gasteiger partial charge in [0.1, 0.15) is 12.4 Å². The minimum Gasteiger partial charge on any atom is -0.492 e. The lowest BCUT2D eigenvalue weighted by Gasteiger charge is -2.13. The lowest BCUT2D eigenvalue weighted by molar-refractivity contribution is -0.123. The molecule has 0 radical (unpaired) electrons. The smallest absolute Gasteiger partial charge is 0.293 e. The Labute approximate surface area is 167 Å². The van der Waals surface area contributed by atoms with E-state index in [9.17, 15) is 9.59 Å². The molecule has 3 aromatic rings. The third-order valence-corrected chi connectivity index (χ3v) is 5.83. The van der Waals surface area contributed by atoms with E-state index in [0.717, 1.165) is 39.7 Å². The standard InChI is InChI=1S/C22H20N2O3S/c1-15-18(17-10-6-7-11-19(17)23(15)2)14-20-21(25)24(22(26)28-20)12-13-27-16-8-4-3-5-9-16/h3-11,14H,12-13H2,1-2H3/b20-14-. The maximum absolute atomic E-state index is 12.8. The van der Waals surface area contributed by atoms with Gasteiger partial charge in [-0.05, 0) is 43.0 Å². The molecule has 0 spiro atoms. The fraction of sp³-hybridized carbons (Fsp3) is 0.182. The number of aromatic nitrogens is 1. The fourth-order valence-corrected chi connectivity index (χ4v) is 4.17. The molecule has 2 amide bonds. The number of hydrogen-bond donors (Lipinski definition) is 0. The molecule has 0 unspecified atom stereocenters. The number of carbonyl (C=O) groups excluding carboxylic acids is 2. The van der Waals surface area contributed by atoms with Crippen LogP contribution >= 0.6 is 11.8 Å². The van der Waals surface area contributed by atoms with E-state index in [1.807, 2.05) is 74.6 Å². The topological polar surface area (TPSA) is 51.5 Å². The van der Waals surface area contributed by atoms with Crippen LogP contribution in [0.15, 0.2) is 59.5 Å². The molecule has 1 aliphatic rings. The summed E-state index contributed by atoms with van der Waals surface area (Å²) in [7, 11) is 2.00. The Morgan fingerprint density at radius 2 is 1.75 bits per heavy atom. The summed E-state index contributed by atoms with van der Waals surface area (Å²) in [6.45, 7) is 2.51. The van der Waals surface area contributed by atoms with Crippen LogP contribution in [-0.4, -0.2) is 33.8 Å². The van der Waals surface area contributed by atoms with E-state index in [1.54, 1.807) is 0 Å². The first-order chi connectivity index (χ1) is 13.6. The summed E-state index contributed by atoms with van der Waals surface area (Å²) in [5, 5.41) is 0.813. The van der Waals surface area contributed by atoms with Gasteiger partial charge in [-0.15, -0.1) is 0 Å². The van der Waals surface area contributed by atoms with Crippen molar-refractivity contribution >= 4 is 39.9 Å². The summed E-state index contributed by atoms with van der Waals surface area (Å²) in [6.07, 6.45) is 1.83. The Kier molecular flexibility index (Phi) is 4.96. The fourth-order valence-electron chi connectivity index (χ4n) is 3.33. The minimum atomic E-state index is -0.265. The van der Waals surface area contributed by atoms with Gasteiger partial charge in [0.05, 0.1) is 11.4 Å². The van der Waals surface area contributed by atoms with E-state index in [1.165, 1.54) is 4.90 Å². The molecule has 0 saturated carbocycles. The molecule has 28 heavy (non-hydrogen) atoms. The van der Waals surface area contributed by atoms with Gasteiger partial charge in [0.25, 0.3) is 11.1 Å². The van der Waals surface area contributed by atoms with Gasteiger partial charge in [-0.1, -0.05) is 36.4 Å². The molecule has 1 saturated heterocycles. The van der Waals surface area contributed by atoms with Gasteiger partial charge in [0.15, 0.2) is 0 Å². The highest BCUT2D eigenvalue weighted by Crippen LogP contribution is 2.35. The van der Waals surface area contributed by atoms with E-state index in [-0.39, 0.29) is 24.3 Å². The molecule has 5 nitrogen and oxygen atoms in total. The van der Waals surface area contributed by atoms with Crippen LogP contribution in [0.25, 0.3) is 17.0 Å². The number of carbonyl (C=O) groups is 2. The Morgan fingerprint density at radius 1 is 1.04 bits per heavy atom. The van der Waals surface area contributed by atoms with Crippen molar-refractivity contribution in [1.29, 1.82) is 0 Å². The van der Waals surface area contributed by atoms with Crippen molar-refractivity contribution in [2.75, 3.05) is 13.2 Å². The van der Waals surface area contributed by atoms with E-state index in [4.69, 9.17) is 4.74 Å². The van der Waals surface area contributed by atoms with Gasteiger partial charge in [0, 0.05) is 29.2 Å². The molecule has 6 heteroatoms. The molecule has 0 bridgehead atoms. The zero-order valence-corrected chi connectivity index (χ0v) is 16.5. The number of hydrogen-bond acceptors (Lipinski definition) is 4. The summed E-state index contributed by atoms with van der Waals surface area (Å²) in [6, 6.07) is 17.4. The highest BCUT2D eigenvalue weighted by molar-refractivity contribution is 8.18. The second kappa shape index (κ2) is 7.56. The van der Waals surface area contributed by atoms with Gasteiger partial charge in [-0.3, -0.25) is 14.5 Å². The van der Waals surface area contributed by atoms with Crippen LogP contribution in [0.3, 0.4) is 0 Å². The van der Waals surface area contributed by atoms with Crippen molar-refractivity contribution in [2.24, 2.45) is 7.05 Å². The van der Waals surface area contributed by atoms with Crippen LogP contribution in [0.5, 0.6) is 5.75 Å². The molecule has 2 heterocycles. The van der Waals surface area contributed by atoms with E-state index in [2.05, 4.69) is 4.57 Å². The first-order valence-corrected chi connectivity index (χ1v) is 9.85. The monoisotopic (exact) mass is 392 g/mol. The van der Waals surface area contributed by atoms with Gasteiger partial charge in [0.2, 0.25) is 0 Å². The number of aryl methyl sites for hydroxylation is 1. The lowest BCUT2D eigenvalue weighted by atomic mass is 10.1. The highest BCUT2D eigenvalue weighted by Gasteiger charge is 2.35. The van der Waals surface area contributed by atoms with Crippen molar-refractivity contribution in [3.63, 3.8) is 0 Å². The predicted octanol–water partition coefficient (Wildman–Crippen LogP) is 4.60. The number of imide groups is 1. The quantitative estimate of drug-likeness (QED) is 0.596. The highest BCUT2D eigenvalue weighted by atomic mass is 32.2. The average Bonchev–Trinajstić information content (AvgIpc) is 3.12. The lowest BCUT2D eigenvalue weighted by Crippen LogP contribution is -2.32. The Hall–Kier alpha value is -2.99. The predicted molar refractivity (Wildman–Crippen MR) is 112 cm³/mol. The van der Waals surface area contributed by atoms with Crippen LogP contribution in [0.1, 0.15) is 11.3 Å². The number of amides is 2. The van der Waals surface area contributed by atoms with Crippen LogP contribution < -0.4 is 4.74 Å². The Balaban J connectivity index is 1.53. The summed E-state index contributed by atoms with van der Waals surface area (Å²) in [4.78, 5) is 26.8. The number of para-hydroxylation sites is 2. The SMILES string of the molecule is Cc1c(/C=C2\SC(=O)N(CCOc3ccccc3)C2=O)c2ccccc2n1C. The van der Waals surface area contributed by atoms with Crippen molar-refractivity contribution in [2.45, 2.75) is 6.92 Å². The third-order valence-electron chi connectivity index (χ3n) is 4.92. The average molecular weight is 392 g/mol. The number of benzene rings is 2. The van der Waals surface area contributed by atoms with Gasteiger partial charge in [-0.2, -0.15) is 0 Å². The second-order valence-electron chi connectivity index (χ2n) is 6.57. The molecule has 4 rings (SSSR count). The van der Waals surface area contributed by atoms with Crippen LogP contribution in [0.2, 0.25) is 0 Å². The first kappa shape index (κ1) is 18.4. The second-order valence-corrected chi connectivity index (χ2v) is 7.56. The number of nitrogens with zero attached hydrogens (tertiary/aromatic N) is 2. The molecule has 1 fully saturated rings. The Bertz CT molecular complexity index is 1090. The minimum absolute atomic E-state index is 0.228. The molecule has 1 aliphatic heterocycles. The maximum Gasteiger partial charge on any atom is 0.293 e. The molecular weight excluding hydrogens is 372 g/mol. The van der Waals surface area contributed by atoms with Gasteiger partial charge in [-0.25, -0.2) is 0 Å². The van der Waals surface area contributed by atoms with Crippen LogP contribution in [0, 0.1) is 6.92 Å². The molecule has 142 valence electrons. The van der Waals surface area contributed by atoms with E-state index >= 15 is 0 Å². The van der Waals surface area contributed by atoms with Crippen molar-refractivity contribution < 1.29 is 14.3 Å². The Morgan fingerprint density at radius 3 is 2.54 bits per heavy atom. The third kappa shape index (κ3) is 3.31. The van der Waals surface area contributed by atoms with Crippen LogP contribution in [-0.2, 0) is 11.8 Å². The molecule has 0 N–H and O–H groups in total. The van der Waals surface area contributed by atoms with Crippen molar-refractivity contribution in [3.8, 4) is 5.75 Å². The normalized spacial score (nSPS) is 15.8. The van der Waals surface area contributed by atoms with Crippen molar-refractivity contribution in [1.82, 2.24) is 9.47 Å². The summed E-state index contributed by atoms with van der Waals surface area (Å²) >= 11 is 0.983. The van der Waals surface area contributed by atoms with E-state index < -0.39 is 0 Å². The first-order valence-electron chi connectivity index (χ1n) is 9.03. The summed E-state index contributed by atoms with van der Waals surface area (Å²) in [5.41, 5.74) is 3.13. The van der Waals surface area contributed by atoms with Gasteiger partial charge >= 0.3 is 0 Å². The summed E-state index contributed by atoms with van der Waals surface area (Å²) < 4.78 is 7.72. The number of thioether (sulfide) groups is 1. The zero-order chi connectivity index (χ0) is 19.7. The van der Waals surface area contributed by atoms with Crippen molar-refractivity contribution in [3.05, 3.63) is 70.8 Å². The zero-order valence-electron chi connectivity index (χ0n) is 15.7. The molecule has 0 aliphatic carbocycles. The number of fused-ring (bicyclic) bond motifs is 1. The number of ether oxygens (including phenoxy) is 1. The molecule has 1 aromatic heterocycles. The molecular formula is C22H20N2O3S. The van der Waals surface area contributed by atoms with E-state index in [0.29, 0.717) is 4.91 Å². The summed E-state index contributed by atoms with van der Waals surface area (Å²) in [5.74, 6) is 0.454. The largest absolute Gasteiger partial charge is 0.492 e. The molecule has 2 aromatic carbocycles. The molecule has 0 atom stereocenters. The number of rotatable bonds is 5. The maximum atomic E-state index is 12.8. The van der Waals surface area contributed by atoms with Crippen LogP contribution in [0.4, 0.5) is 4.79 Å².